The lowest BCUT2D eigenvalue weighted by molar-refractivity contribution is -0.660. The van der Waals surface area contributed by atoms with Gasteiger partial charge in [-0.2, -0.15) is 0 Å². The molecule has 0 fully saturated rings. The van der Waals surface area contributed by atoms with Gasteiger partial charge in [0.25, 0.3) is 0 Å². The van der Waals surface area contributed by atoms with E-state index in [-0.39, 0.29) is 0 Å². The maximum Gasteiger partial charge on any atom is 0.202 e. The van der Waals surface area contributed by atoms with Crippen LogP contribution in [0.3, 0.4) is 0 Å². The van der Waals surface area contributed by atoms with E-state index in [2.05, 4.69) is 4.85 Å². The van der Waals surface area contributed by atoms with E-state index in [4.69, 9.17) is 6.57 Å². The van der Waals surface area contributed by atoms with Crippen molar-refractivity contribution in [1.29, 1.82) is 0 Å². The molecule has 0 atom stereocenters. The van der Waals surface area contributed by atoms with E-state index >= 15 is 0 Å². The predicted octanol–water partition coefficient (Wildman–Crippen LogP) is 3.04. The van der Waals surface area contributed by atoms with Gasteiger partial charge in [-0.3, -0.25) is 0 Å². The molecule has 1 aromatic heterocycles. The van der Waals surface area contributed by atoms with Gasteiger partial charge in [0.2, 0.25) is 11.4 Å². The molecule has 2 heteroatoms. The second-order valence-electron chi connectivity index (χ2n) is 3.78. The molecule has 0 bridgehead atoms. The minimum absolute atomic E-state index is 0.710. The third-order valence-electron chi connectivity index (χ3n) is 2.68. The fourth-order valence-electron chi connectivity index (χ4n) is 1.86. The van der Waals surface area contributed by atoms with E-state index < -0.39 is 0 Å². The molecule has 0 aliphatic carbocycles. The summed E-state index contributed by atoms with van der Waals surface area (Å²) in [7, 11) is 2.00. The van der Waals surface area contributed by atoms with Crippen molar-refractivity contribution in [2.75, 3.05) is 0 Å². The number of pyridine rings is 1. The van der Waals surface area contributed by atoms with Crippen molar-refractivity contribution in [3.63, 3.8) is 0 Å². The normalized spacial score (nSPS) is 9.81. The fourth-order valence-corrected chi connectivity index (χ4v) is 1.86. The van der Waals surface area contributed by atoms with E-state index in [9.17, 15) is 0 Å². The zero-order valence-electron chi connectivity index (χ0n) is 9.44. The summed E-state index contributed by atoms with van der Waals surface area (Å²) in [5.41, 5.74) is 3.95. The summed E-state index contributed by atoms with van der Waals surface area (Å²) in [4.78, 5) is 3.59. The molecule has 0 unspecified atom stereocenters. The van der Waals surface area contributed by atoms with Crippen molar-refractivity contribution in [2.45, 2.75) is 6.92 Å². The highest BCUT2D eigenvalue weighted by atomic mass is 14.9. The minimum atomic E-state index is 0.710. The number of hydrogen-bond acceptors (Lipinski definition) is 0. The van der Waals surface area contributed by atoms with E-state index in [1.54, 1.807) is 0 Å². The second kappa shape index (κ2) is 4.16. The molecule has 16 heavy (non-hydrogen) atoms. The van der Waals surface area contributed by atoms with Crippen LogP contribution in [0.1, 0.15) is 5.56 Å². The molecule has 0 N–H and O–H groups in total. The zero-order chi connectivity index (χ0) is 11.5. The number of nitrogens with zero attached hydrogens (tertiary/aromatic N) is 2. The number of aryl methyl sites for hydroxylation is 2. The van der Waals surface area contributed by atoms with E-state index in [1.165, 1.54) is 0 Å². The molecular weight excluding hydrogens is 196 g/mol. The molecule has 1 heterocycles. The lowest BCUT2D eigenvalue weighted by Gasteiger charge is -2.05. The smallest absolute Gasteiger partial charge is 0.202 e. The Hall–Kier alpha value is -2.14. The number of rotatable bonds is 1. The molecule has 1 aromatic carbocycles. The summed E-state index contributed by atoms with van der Waals surface area (Å²) in [6, 6.07) is 11.8. The van der Waals surface area contributed by atoms with Gasteiger partial charge in [0.05, 0.1) is 12.1 Å². The lowest BCUT2D eigenvalue weighted by atomic mass is 10.0. The highest BCUT2D eigenvalue weighted by Gasteiger charge is 2.15. The van der Waals surface area contributed by atoms with Crippen molar-refractivity contribution in [3.05, 3.63) is 59.6 Å². The van der Waals surface area contributed by atoms with Crippen molar-refractivity contribution in [3.8, 4) is 11.3 Å². The first-order valence-electron chi connectivity index (χ1n) is 5.16. The van der Waals surface area contributed by atoms with Crippen molar-refractivity contribution in [1.82, 2.24) is 0 Å². The van der Waals surface area contributed by atoms with Crippen LogP contribution in [0.15, 0.2) is 42.6 Å². The van der Waals surface area contributed by atoms with Crippen LogP contribution in [-0.2, 0) is 7.05 Å². The van der Waals surface area contributed by atoms with Crippen LogP contribution in [0.25, 0.3) is 16.1 Å². The molecule has 0 radical (unpaired) electrons. The first-order valence-corrected chi connectivity index (χ1v) is 5.16. The van der Waals surface area contributed by atoms with Gasteiger partial charge in [-0.1, -0.05) is 18.2 Å². The van der Waals surface area contributed by atoms with Crippen LogP contribution >= 0.6 is 0 Å². The Morgan fingerprint density at radius 1 is 1.12 bits per heavy atom. The van der Waals surface area contributed by atoms with Gasteiger partial charge in [0.15, 0.2) is 6.20 Å². The van der Waals surface area contributed by atoms with Crippen LogP contribution in [0.4, 0.5) is 5.69 Å². The van der Waals surface area contributed by atoms with Gasteiger partial charge in [0.1, 0.15) is 7.05 Å². The molecule has 2 nitrogen and oxygen atoms in total. The highest BCUT2D eigenvalue weighted by molar-refractivity contribution is 5.77. The van der Waals surface area contributed by atoms with Crippen molar-refractivity contribution >= 4 is 5.69 Å². The van der Waals surface area contributed by atoms with Crippen LogP contribution in [0, 0.1) is 13.5 Å². The van der Waals surface area contributed by atoms with Crippen LogP contribution < -0.4 is 4.57 Å². The van der Waals surface area contributed by atoms with Gasteiger partial charge < -0.3 is 0 Å². The van der Waals surface area contributed by atoms with Crippen LogP contribution in [0.2, 0.25) is 0 Å². The summed E-state index contributed by atoms with van der Waals surface area (Å²) in [5, 5.41) is 0. The van der Waals surface area contributed by atoms with Gasteiger partial charge in [-0.05, 0) is 18.6 Å². The lowest BCUT2D eigenvalue weighted by Crippen LogP contribution is -2.30. The first-order chi connectivity index (χ1) is 7.74. The molecule has 0 amide bonds. The molecular formula is C14H13N2+. The van der Waals surface area contributed by atoms with E-state index in [0.717, 1.165) is 16.8 Å². The topological polar surface area (TPSA) is 8.24 Å². The molecule has 0 aliphatic rings. The van der Waals surface area contributed by atoms with Gasteiger partial charge in [-0.15, -0.1) is 0 Å². The average Bonchev–Trinajstić information content (AvgIpc) is 2.30. The Morgan fingerprint density at radius 3 is 2.62 bits per heavy atom. The van der Waals surface area contributed by atoms with Gasteiger partial charge >= 0.3 is 0 Å². The molecule has 78 valence electrons. The molecule has 0 spiro atoms. The van der Waals surface area contributed by atoms with E-state index in [1.807, 2.05) is 61.1 Å². The average molecular weight is 209 g/mol. The monoisotopic (exact) mass is 209 g/mol. The number of benzene rings is 1. The minimum Gasteiger partial charge on any atom is -0.237 e. The number of aromatic nitrogens is 1. The summed E-state index contributed by atoms with van der Waals surface area (Å²) < 4.78 is 2.04. The van der Waals surface area contributed by atoms with Crippen molar-refractivity contribution < 1.29 is 4.57 Å². The summed E-state index contributed by atoms with van der Waals surface area (Å²) >= 11 is 0. The molecule has 0 saturated carbocycles. The SMILES string of the molecule is [C-]#[N+]c1cccc(C)c1-c1cccc[n+]1C. The number of hydrogen-bond donors (Lipinski definition) is 0. The summed E-state index contributed by atoms with van der Waals surface area (Å²) in [6.07, 6.45) is 2.00. The third kappa shape index (κ3) is 1.68. The van der Waals surface area contributed by atoms with E-state index in [0.29, 0.717) is 5.69 Å². The van der Waals surface area contributed by atoms with Crippen LogP contribution in [0.5, 0.6) is 0 Å². The van der Waals surface area contributed by atoms with Crippen molar-refractivity contribution in [2.24, 2.45) is 7.05 Å². The predicted molar refractivity (Wildman–Crippen MR) is 64.1 cm³/mol. The maximum atomic E-state index is 7.22. The second-order valence-corrected chi connectivity index (χ2v) is 3.78. The molecule has 2 aromatic rings. The largest absolute Gasteiger partial charge is 0.237 e. The Labute approximate surface area is 95.6 Å². The fraction of sp³-hybridized carbons (Fsp3) is 0.143. The third-order valence-corrected chi connectivity index (χ3v) is 2.68. The highest BCUT2D eigenvalue weighted by Crippen LogP contribution is 2.30. The zero-order valence-corrected chi connectivity index (χ0v) is 9.44. The Morgan fingerprint density at radius 2 is 1.94 bits per heavy atom. The molecule has 2 rings (SSSR count). The summed E-state index contributed by atoms with van der Waals surface area (Å²) in [5.74, 6) is 0. The first kappa shape index (κ1) is 10.4. The Balaban J connectivity index is 2.75. The maximum absolute atomic E-state index is 7.22. The Bertz CT molecular complexity index is 565. The molecule has 0 aliphatic heterocycles. The van der Waals surface area contributed by atoms with Gasteiger partial charge in [-0.25, -0.2) is 9.41 Å². The standard InChI is InChI=1S/C14H13N2/c1-11-7-6-8-12(15-2)14(11)13-9-4-5-10-16(13)3/h4-10H,1,3H3/q+1. The van der Waals surface area contributed by atoms with Crippen LogP contribution in [-0.4, -0.2) is 0 Å². The summed E-state index contributed by atoms with van der Waals surface area (Å²) in [6.45, 7) is 9.26. The Kier molecular flexibility index (Phi) is 2.70. The van der Waals surface area contributed by atoms with Gasteiger partial charge in [0, 0.05) is 12.1 Å². The molecule has 0 saturated heterocycles. The quantitative estimate of drug-likeness (QED) is 0.504.